The van der Waals surface area contributed by atoms with Gasteiger partial charge in [-0.2, -0.15) is 0 Å². The van der Waals surface area contributed by atoms with Crippen LogP contribution in [0, 0.1) is 22.7 Å². The molecule has 0 aromatic heterocycles. The van der Waals surface area contributed by atoms with Gasteiger partial charge in [0.1, 0.15) is 0 Å². The first-order chi connectivity index (χ1) is 5.92. The molecule has 4 unspecified atom stereocenters. The molecule has 1 fully saturated rings. The standard InChI is InChI=1S/C13H26/c1-7-12(5)10(3)9-11(4)13(12,6)8-2/h10-11H,7-9H2,1-6H3. The Bertz CT molecular complexity index is 164. The second-order valence-electron chi connectivity index (χ2n) is 5.58. The van der Waals surface area contributed by atoms with Crippen molar-refractivity contribution in [3.63, 3.8) is 0 Å². The van der Waals surface area contributed by atoms with Gasteiger partial charge in [-0.1, -0.05) is 41.5 Å². The van der Waals surface area contributed by atoms with Crippen LogP contribution in [0.4, 0.5) is 0 Å². The molecular formula is C13H26. The van der Waals surface area contributed by atoms with Crippen LogP contribution in [0.5, 0.6) is 0 Å². The highest BCUT2D eigenvalue weighted by molar-refractivity contribution is 5.03. The Kier molecular flexibility index (Phi) is 2.81. The van der Waals surface area contributed by atoms with E-state index in [1.807, 2.05) is 0 Å². The van der Waals surface area contributed by atoms with Crippen LogP contribution in [0.15, 0.2) is 0 Å². The molecule has 0 radical (unpaired) electrons. The molecule has 0 heteroatoms. The summed E-state index contributed by atoms with van der Waals surface area (Å²) in [5.41, 5.74) is 1.14. The summed E-state index contributed by atoms with van der Waals surface area (Å²) in [6.07, 6.45) is 4.10. The molecule has 0 aliphatic heterocycles. The summed E-state index contributed by atoms with van der Waals surface area (Å²) in [5.74, 6) is 1.80. The van der Waals surface area contributed by atoms with Crippen molar-refractivity contribution in [2.24, 2.45) is 22.7 Å². The third kappa shape index (κ3) is 1.25. The van der Waals surface area contributed by atoms with Crippen LogP contribution < -0.4 is 0 Å². The van der Waals surface area contributed by atoms with Crippen LogP contribution >= 0.6 is 0 Å². The Hall–Kier alpha value is 0. The van der Waals surface area contributed by atoms with Crippen molar-refractivity contribution in [2.45, 2.75) is 60.8 Å². The van der Waals surface area contributed by atoms with E-state index in [0.717, 1.165) is 11.8 Å². The highest BCUT2D eigenvalue weighted by atomic mass is 14.6. The van der Waals surface area contributed by atoms with Gasteiger partial charge in [0, 0.05) is 0 Å². The summed E-state index contributed by atoms with van der Waals surface area (Å²) >= 11 is 0. The SMILES string of the molecule is CCC1(C)C(C)CC(C)C1(C)CC. The van der Waals surface area contributed by atoms with Crippen molar-refractivity contribution in [3.8, 4) is 0 Å². The molecule has 0 bridgehead atoms. The lowest BCUT2D eigenvalue weighted by Crippen LogP contribution is -2.37. The van der Waals surface area contributed by atoms with Crippen LogP contribution in [0.25, 0.3) is 0 Å². The molecule has 0 saturated heterocycles. The molecule has 0 aromatic carbocycles. The monoisotopic (exact) mass is 182 g/mol. The topological polar surface area (TPSA) is 0 Å². The Morgan fingerprint density at radius 2 is 1.23 bits per heavy atom. The molecule has 0 heterocycles. The molecule has 1 aliphatic rings. The summed E-state index contributed by atoms with van der Waals surface area (Å²) < 4.78 is 0. The van der Waals surface area contributed by atoms with Crippen LogP contribution in [0.2, 0.25) is 0 Å². The van der Waals surface area contributed by atoms with E-state index in [4.69, 9.17) is 0 Å². The molecular weight excluding hydrogens is 156 g/mol. The van der Waals surface area contributed by atoms with Crippen molar-refractivity contribution in [1.82, 2.24) is 0 Å². The van der Waals surface area contributed by atoms with E-state index in [0.29, 0.717) is 10.8 Å². The van der Waals surface area contributed by atoms with Gasteiger partial charge in [0.2, 0.25) is 0 Å². The average Bonchev–Trinajstić information content (AvgIpc) is 2.29. The molecule has 0 spiro atoms. The van der Waals surface area contributed by atoms with Gasteiger partial charge < -0.3 is 0 Å². The minimum atomic E-state index is 0.571. The van der Waals surface area contributed by atoms with Crippen molar-refractivity contribution >= 4 is 0 Å². The third-order valence-electron chi connectivity index (χ3n) is 5.66. The summed E-state index contributed by atoms with van der Waals surface area (Å²) in [6, 6.07) is 0. The number of rotatable bonds is 2. The van der Waals surface area contributed by atoms with Crippen LogP contribution in [0.1, 0.15) is 60.8 Å². The molecule has 0 aromatic rings. The van der Waals surface area contributed by atoms with Crippen LogP contribution in [0.3, 0.4) is 0 Å². The fourth-order valence-corrected chi connectivity index (χ4v) is 3.68. The summed E-state index contributed by atoms with van der Waals surface area (Å²) in [4.78, 5) is 0. The fraction of sp³-hybridized carbons (Fsp3) is 1.00. The normalized spacial score (nSPS) is 51.2. The maximum atomic E-state index is 2.50. The van der Waals surface area contributed by atoms with Crippen molar-refractivity contribution in [2.75, 3.05) is 0 Å². The minimum Gasteiger partial charge on any atom is -0.0648 e. The maximum absolute atomic E-state index is 2.50. The van der Waals surface area contributed by atoms with Crippen molar-refractivity contribution in [3.05, 3.63) is 0 Å². The van der Waals surface area contributed by atoms with E-state index >= 15 is 0 Å². The smallest absolute Gasteiger partial charge is 0.0246 e. The highest BCUT2D eigenvalue weighted by Crippen LogP contribution is 2.62. The van der Waals surface area contributed by atoms with Crippen molar-refractivity contribution in [1.29, 1.82) is 0 Å². The quantitative estimate of drug-likeness (QED) is 0.590. The largest absolute Gasteiger partial charge is 0.0648 e. The molecule has 0 nitrogen and oxygen atoms in total. The molecule has 1 saturated carbocycles. The van der Waals surface area contributed by atoms with E-state index in [1.54, 1.807) is 0 Å². The third-order valence-corrected chi connectivity index (χ3v) is 5.66. The lowest BCUT2D eigenvalue weighted by molar-refractivity contribution is 0.0400. The van der Waals surface area contributed by atoms with Gasteiger partial charge in [0.05, 0.1) is 0 Å². The number of hydrogen-bond acceptors (Lipinski definition) is 0. The van der Waals surface area contributed by atoms with Gasteiger partial charge in [0.25, 0.3) is 0 Å². The van der Waals surface area contributed by atoms with E-state index in [2.05, 4.69) is 41.5 Å². The number of hydrogen-bond donors (Lipinski definition) is 0. The zero-order valence-electron chi connectivity index (χ0n) is 10.3. The molecule has 78 valence electrons. The van der Waals surface area contributed by atoms with E-state index in [9.17, 15) is 0 Å². The Morgan fingerprint density at radius 3 is 1.46 bits per heavy atom. The van der Waals surface area contributed by atoms with E-state index in [1.165, 1.54) is 19.3 Å². The molecule has 0 amide bonds. The molecule has 1 aliphatic carbocycles. The van der Waals surface area contributed by atoms with Crippen molar-refractivity contribution < 1.29 is 0 Å². The molecule has 0 N–H and O–H groups in total. The minimum absolute atomic E-state index is 0.571. The van der Waals surface area contributed by atoms with E-state index < -0.39 is 0 Å². The van der Waals surface area contributed by atoms with Gasteiger partial charge >= 0.3 is 0 Å². The zero-order chi connectivity index (χ0) is 10.3. The molecule has 4 atom stereocenters. The van der Waals surface area contributed by atoms with Gasteiger partial charge in [-0.3, -0.25) is 0 Å². The Morgan fingerprint density at radius 1 is 0.923 bits per heavy atom. The van der Waals surface area contributed by atoms with Gasteiger partial charge in [-0.15, -0.1) is 0 Å². The van der Waals surface area contributed by atoms with Gasteiger partial charge in [-0.25, -0.2) is 0 Å². The first-order valence-electron chi connectivity index (χ1n) is 5.92. The maximum Gasteiger partial charge on any atom is -0.0246 e. The first-order valence-corrected chi connectivity index (χ1v) is 5.92. The summed E-state index contributed by atoms with van der Waals surface area (Å²) in [5, 5.41) is 0. The highest BCUT2D eigenvalue weighted by Gasteiger charge is 2.54. The Labute approximate surface area is 84.1 Å². The Balaban J connectivity index is 3.03. The second-order valence-corrected chi connectivity index (χ2v) is 5.58. The van der Waals surface area contributed by atoms with E-state index in [-0.39, 0.29) is 0 Å². The second kappa shape index (κ2) is 3.29. The van der Waals surface area contributed by atoms with Crippen LogP contribution in [-0.4, -0.2) is 0 Å². The predicted molar refractivity (Wildman–Crippen MR) is 59.7 cm³/mol. The first kappa shape index (κ1) is 11.1. The lowest BCUT2D eigenvalue weighted by atomic mass is 9.60. The summed E-state index contributed by atoms with van der Waals surface area (Å²) in [6.45, 7) is 14.6. The molecule has 1 rings (SSSR count). The van der Waals surface area contributed by atoms with Gasteiger partial charge in [0.15, 0.2) is 0 Å². The van der Waals surface area contributed by atoms with Crippen LogP contribution in [-0.2, 0) is 0 Å². The lowest BCUT2D eigenvalue weighted by Gasteiger charge is -2.45. The zero-order valence-corrected chi connectivity index (χ0v) is 10.3. The molecule has 13 heavy (non-hydrogen) atoms. The average molecular weight is 182 g/mol. The predicted octanol–water partition coefficient (Wildman–Crippen LogP) is 4.49. The summed E-state index contributed by atoms with van der Waals surface area (Å²) in [7, 11) is 0. The van der Waals surface area contributed by atoms with Gasteiger partial charge in [-0.05, 0) is 41.9 Å². The fourth-order valence-electron chi connectivity index (χ4n) is 3.68.